The summed E-state index contributed by atoms with van der Waals surface area (Å²) in [4.78, 5) is 24.7. The highest BCUT2D eigenvalue weighted by molar-refractivity contribution is 5.91. The molecule has 0 atom stereocenters. The number of carbonyl (C=O) groups excluding carboxylic acids is 2. The molecule has 2 rings (SSSR count). The maximum absolute atomic E-state index is 12.5. The van der Waals surface area contributed by atoms with E-state index in [1.807, 2.05) is 6.92 Å². The van der Waals surface area contributed by atoms with E-state index in [1.54, 1.807) is 48.7 Å². The zero-order chi connectivity index (χ0) is 30.3. The second-order valence-corrected chi connectivity index (χ2v) is 10.8. The SMILES string of the molecule is CCCCCCCCCCCCCCCCCC(=O)NN=Cc1ccc(OC(=O)c2ccc(OCC)cc2)c(OC)c1. The number of unbranched alkanes of at least 4 members (excludes halogenated alkanes) is 14. The van der Waals surface area contributed by atoms with Crippen molar-refractivity contribution in [2.24, 2.45) is 5.10 Å². The normalized spacial score (nSPS) is 11.0. The molecule has 7 nitrogen and oxygen atoms in total. The van der Waals surface area contributed by atoms with Crippen molar-refractivity contribution in [3.05, 3.63) is 53.6 Å². The van der Waals surface area contributed by atoms with Gasteiger partial charge in [0.25, 0.3) is 0 Å². The summed E-state index contributed by atoms with van der Waals surface area (Å²) in [6.45, 7) is 4.73. The number of benzene rings is 2. The first-order chi connectivity index (χ1) is 20.6. The van der Waals surface area contributed by atoms with Crippen LogP contribution in [0.5, 0.6) is 17.2 Å². The number of hydrogen-bond acceptors (Lipinski definition) is 6. The van der Waals surface area contributed by atoms with E-state index >= 15 is 0 Å². The van der Waals surface area contributed by atoms with Crippen molar-refractivity contribution in [3.8, 4) is 17.2 Å². The maximum atomic E-state index is 12.5. The highest BCUT2D eigenvalue weighted by atomic mass is 16.6. The number of esters is 1. The molecule has 7 heteroatoms. The fourth-order valence-corrected chi connectivity index (χ4v) is 4.75. The van der Waals surface area contributed by atoms with Crippen molar-refractivity contribution in [1.82, 2.24) is 5.43 Å². The lowest BCUT2D eigenvalue weighted by Crippen LogP contribution is -2.16. The van der Waals surface area contributed by atoms with Gasteiger partial charge < -0.3 is 14.2 Å². The van der Waals surface area contributed by atoms with E-state index in [0.29, 0.717) is 41.4 Å². The molecule has 2 aromatic rings. The van der Waals surface area contributed by atoms with Crippen LogP contribution in [0.4, 0.5) is 0 Å². The minimum absolute atomic E-state index is 0.0891. The van der Waals surface area contributed by atoms with Gasteiger partial charge in [-0.1, -0.05) is 96.8 Å². The van der Waals surface area contributed by atoms with E-state index in [-0.39, 0.29) is 5.91 Å². The van der Waals surface area contributed by atoms with E-state index in [1.165, 1.54) is 90.6 Å². The quantitative estimate of drug-likeness (QED) is 0.0466. The van der Waals surface area contributed by atoms with Crippen LogP contribution in [-0.4, -0.2) is 31.8 Å². The van der Waals surface area contributed by atoms with E-state index < -0.39 is 5.97 Å². The molecule has 0 unspecified atom stereocenters. The molecule has 0 saturated carbocycles. The minimum Gasteiger partial charge on any atom is -0.494 e. The Hall–Kier alpha value is -3.35. The molecule has 0 aliphatic heterocycles. The molecule has 0 heterocycles. The average Bonchev–Trinajstić information content (AvgIpc) is 3.00. The van der Waals surface area contributed by atoms with Crippen molar-refractivity contribution in [2.75, 3.05) is 13.7 Å². The average molecular weight is 581 g/mol. The lowest BCUT2D eigenvalue weighted by molar-refractivity contribution is -0.121. The fourth-order valence-electron chi connectivity index (χ4n) is 4.75. The molecule has 0 radical (unpaired) electrons. The number of ether oxygens (including phenoxy) is 3. The van der Waals surface area contributed by atoms with Crippen LogP contribution in [0.2, 0.25) is 0 Å². The predicted octanol–water partition coefficient (Wildman–Crippen LogP) is 9.02. The first kappa shape index (κ1) is 34.8. The number of nitrogens with zero attached hydrogens (tertiary/aromatic N) is 1. The molecule has 2 aromatic carbocycles. The van der Waals surface area contributed by atoms with Gasteiger partial charge in [-0.15, -0.1) is 0 Å². The topological polar surface area (TPSA) is 86.2 Å². The van der Waals surface area contributed by atoms with E-state index in [0.717, 1.165) is 12.8 Å². The Morgan fingerprint density at radius 3 is 1.86 bits per heavy atom. The molecule has 0 fully saturated rings. The monoisotopic (exact) mass is 580 g/mol. The molecule has 0 aromatic heterocycles. The first-order valence-corrected chi connectivity index (χ1v) is 16.0. The third-order valence-electron chi connectivity index (χ3n) is 7.20. The molecule has 0 saturated heterocycles. The van der Waals surface area contributed by atoms with Crippen molar-refractivity contribution in [1.29, 1.82) is 0 Å². The second-order valence-electron chi connectivity index (χ2n) is 10.8. The summed E-state index contributed by atoms with van der Waals surface area (Å²) in [5, 5.41) is 4.07. The van der Waals surface area contributed by atoms with Gasteiger partial charge in [-0.2, -0.15) is 5.10 Å². The lowest BCUT2D eigenvalue weighted by atomic mass is 10.0. The maximum Gasteiger partial charge on any atom is 0.343 e. The minimum atomic E-state index is -0.496. The van der Waals surface area contributed by atoms with Crippen LogP contribution in [0.3, 0.4) is 0 Å². The van der Waals surface area contributed by atoms with Crippen molar-refractivity contribution < 1.29 is 23.8 Å². The smallest absolute Gasteiger partial charge is 0.343 e. The molecule has 42 heavy (non-hydrogen) atoms. The Labute approximate surface area is 253 Å². The number of methoxy groups -OCH3 is 1. The number of nitrogens with one attached hydrogen (secondary N) is 1. The Morgan fingerprint density at radius 1 is 0.738 bits per heavy atom. The molecule has 232 valence electrons. The predicted molar refractivity (Wildman–Crippen MR) is 171 cm³/mol. The van der Waals surface area contributed by atoms with Crippen LogP contribution < -0.4 is 19.6 Å². The molecule has 0 aliphatic rings. The van der Waals surface area contributed by atoms with Gasteiger partial charge in [-0.3, -0.25) is 4.79 Å². The zero-order valence-corrected chi connectivity index (χ0v) is 26.1. The summed E-state index contributed by atoms with van der Waals surface area (Å²) in [6, 6.07) is 11.9. The third kappa shape index (κ3) is 15.0. The van der Waals surface area contributed by atoms with Gasteiger partial charge in [-0.25, -0.2) is 10.2 Å². The van der Waals surface area contributed by atoms with Crippen molar-refractivity contribution >= 4 is 18.1 Å². The van der Waals surface area contributed by atoms with Crippen LogP contribution in [0.1, 0.15) is 133 Å². The number of rotatable bonds is 23. The number of carbonyl (C=O) groups is 2. The Balaban J connectivity index is 1.57. The Kier molecular flexibility index (Phi) is 18.5. The van der Waals surface area contributed by atoms with Gasteiger partial charge in [0.15, 0.2) is 11.5 Å². The number of hydrogen-bond donors (Lipinski definition) is 1. The van der Waals surface area contributed by atoms with Crippen LogP contribution in [-0.2, 0) is 4.79 Å². The highest BCUT2D eigenvalue weighted by Crippen LogP contribution is 2.28. The van der Waals surface area contributed by atoms with E-state index in [4.69, 9.17) is 14.2 Å². The van der Waals surface area contributed by atoms with Gasteiger partial charge in [0.1, 0.15) is 5.75 Å². The van der Waals surface area contributed by atoms with Crippen molar-refractivity contribution in [3.63, 3.8) is 0 Å². The molecule has 0 bridgehead atoms. The first-order valence-electron chi connectivity index (χ1n) is 16.0. The van der Waals surface area contributed by atoms with E-state index in [9.17, 15) is 9.59 Å². The molecular formula is C35H52N2O5. The van der Waals surface area contributed by atoms with Gasteiger partial charge in [0, 0.05) is 6.42 Å². The number of amides is 1. The standard InChI is InChI=1S/C35H52N2O5/c1-4-6-7-8-9-10-11-12-13-14-15-16-17-18-19-20-34(38)37-36-28-29-21-26-32(33(27-29)40-3)42-35(39)30-22-24-31(25-23-30)41-5-2/h21-28H,4-20H2,1-3H3,(H,37,38). The second kappa shape index (κ2) is 22.3. The summed E-state index contributed by atoms with van der Waals surface area (Å²) in [6.07, 6.45) is 21.5. The van der Waals surface area contributed by atoms with E-state index in [2.05, 4.69) is 17.5 Å². The molecule has 1 N–H and O–H groups in total. The van der Waals surface area contributed by atoms with Crippen molar-refractivity contribution in [2.45, 2.75) is 117 Å². The third-order valence-corrected chi connectivity index (χ3v) is 7.20. The number of hydrazone groups is 1. The largest absolute Gasteiger partial charge is 0.494 e. The van der Waals surface area contributed by atoms with Crippen LogP contribution >= 0.6 is 0 Å². The van der Waals surface area contributed by atoms with Gasteiger partial charge in [0.2, 0.25) is 5.91 Å². The molecular weight excluding hydrogens is 528 g/mol. The summed E-state index contributed by atoms with van der Waals surface area (Å²) in [5.41, 5.74) is 3.71. The van der Waals surface area contributed by atoms with Gasteiger partial charge in [-0.05, 0) is 61.4 Å². The van der Waals surface area contributed by atoms with Gasteiger partial charge in [0.05, 0.1) is 25.5 Å². The fraction of sp³-hybridized carbons (Fsp3) is 0.571. The van der Waals surface area contributed by atoms with Crippen LogP contribution in [0, 0.1) is 0 Å². The Morgan fingerprint density at radius 2 is 1.31 bits per heavy atom. The molecule has 0 aliphatic carbocycles. The zero-order valence-electron chi connectivity index (χ0n) is 26.1. The summed E-state index contributed by atoms with van der Waals surface area (Å²) >= 11 is 0. The van der Waals surface area contributed by atoms with Crippen LogP contribution in [0.15, 0.2) is 47.6 Å². The molecule has 0 spiro atoms. The Bertz CT molecular complexity index is 1050. The summed E-state index contributed by atoms with van der Waals surface area (Å²) in [7, 11) is 1.50. The summed E-state index contributed by atoms with van der Waals surface area (Å²) in [5.74, 6) is 0.794. The van der Waals surface area contributed by atoms with Gasteiger partial charge >= 0.3 is 5.97 Å². The summed E-state index contributed by atoms with van der Waals surface area (Å²) < 4.78 is 16.3. The lowest BCUT2D eigenvalue weighted by Gasteiger charge is -2.10. The highest BCUT2D eigenvalue weighted by Gasteiger charge is 2.13. The molecule has 1 amide bonds. The van der Waals surface area contributed by atoms with Crippen LogP contribution in [0.25, 0.3) is 0 Å².